The van der Waals surface area contributed by atoms with E-state index in [0.29, 0.717) is 6.61 Å². The SMILES string of the molecule is CC(C)(C)OCC(OC(C)(C)C)c1ccccc1. The molecule has 1 unspecified atom stereocenters. The van der Waals surface area contributed by atoms with Gasteiger partial charge in [-0.1, -0.05) is 30.3 Å². The lowest BCUT2D eigenvalue weighted by atomic mass is 10.1. The van der Waals surface area contributed by atoms with E-state index in [2.05, 4.69) is 53.7 Å². The van der Waals surface area contributed by atoms with Gasteiger partial charge in [0.1, 0.15) is 6.10 Å². The van der Waals surface area contributed by atoms with Crippen LogP contribution in [0.5, 0.6) is 0 Å². The molecule has 0 fully saturated rings. The Labute approximate surface area is 111 Å². The topological polar surface area (TPSA) is 18.5 Å². The van der Waals surface area contributed by atoms with Crippen molar-refractivity contribution in [2.75, 3.05) is 6.61 Å². The van der Waals surface area contributed by atoms with E-state index < -0.39 is 0 Å². The smallest absolute Gasteiger partial charge is 0.107 e. The van der Waals surface area contributed by atoms with Gasteiger partial charge in [0.25, 0.3) is 0 Å². The number of hydrogen-bond donors (Lipinski definition) is 0. The second-order valence-corrected chi connectivity index (χ2v) is 6.55. The van der Waals surface area contributed by atoms with Gasteiger partial charge in [-0.2, -0.15) is 0 Å². The molecule has 2 heteroatoms. The first-order valence-electron chi connectivity index (χ1n) is 6.54. The minimum Gasteiger partial charge on any atom is -0.373 e. The highest BCUT2D eigenvalue weighted by Gasteiger charge is 2.22. The zero-order chi connectivity index (χ0) is 13.8. The Kier molecular flexibility index (Phi) is 4.94. The number of ether oxygens (including phenoxy) is 2. The third-order valence-corrected chi connectivity index (χ3v) is 2.33. The fourth-order valence-corrected chi connectivity index (χ4v) is 1.62. The van der Waals surface area contributed by atoms with Gasteiger partial charge in [-0.3, -0.25) is 0 Å². The van der Waals surface area contributed by atoms with E-state index >= 15 is 0 Å². The summed E-state index contributed by atoms with van der Waals surface area (Å²) in [6.45, 7) is 13.0. The summed E-state index contributed by atoms with van der Waals surface area (Å²) >= 11 is 0. The molecule has 0 saturated heterocycles. The van der Waals surface area contributed by atoms with Gasteiger partial charge in [-0.15, -0.1) is 0 Å². The summed E-state index contributed by atoms with van der Waals surface area (Å²) in [7, 11) is 0. The molecule has 0 spiro atoms. The van der Waals surface area contributed by atoms with Crippen molar-refractivity contribution in [3.8, 4) is 0 Å². The van der Waals surface area contributed by atoms with Crippen LogP contribution in [0.25, 0.3) is 0 Å². The van der Waals surface area contributed by atoms with Gasteiger partial charge in [-0.05, 0) is 47.1 Å². The molecule has 1 rings (SSSR count). The lowest BCUT2D eigenvalue weighted by Crippen LogP contribution is -2.29. The van der Waals surface area contributed by atoms with E-state index in [1.165, 1.54) is 0 Å². The summed E-state index contributed by atoms with van der Waals surface area (Å²) in [6.07, 6.45) is -0.0228. The first-order valence-corrected chi connectivity index (χ1v) is 6.54. The zero-order valence-corrected chi connectivity index (χ0v) is 12.5. The minimum atomic E-state index is -0.179. The molecule has 1 aromatic rings. The largest absolute Gasteiger partial charge is 0.373 e. The first kappa shape index (κ1) is 15.2. The molecule has 0 radical (unpaired) electrons. The molecule has 0 aliphatic carbocycles. The van der Waals surface area contributed by atoms with Crippen LogP contribution >= 0.6 is 0 Å². The average molecular weight is 250 g/mol. The second-order valence-electron chi connectivity index (χ2n) is 6.55. The summed E-state index contributed by atoms with van der Waals surface area (Å²) in [5.74, 6) is 0. The maximum atomic E-state index is 6.09. The molecule has 1 aromatic carbocycles. The third-order valence-electron chi connectivity index (χ3n) is 2.33. The van der Waals surface area contributed by atoms with E-state index in [4.69, 9.17) is 9.47 Å². The van der Waals surface area contributed by atoms with Crippen LogP contribution in [0.15, 0.2) is 30.3 Å². The monoisotopic (exact) mass is 250 g/mol. The highest BCUT2D eigenvalue weighted by atomic mass is 16.6. The van der Waals surface area contributed by atoms with Gasteiger partial charge in [0, 0.05) is 0 Å². The van der Waals surface area contributed by atoms with Crippen LogP contribution in [0, 0.1) is 0 Å². The van der Waals surface area contributed by atoms with Crippen molar-refractivity contribution >= 4 is 0 Å². The Balaban J connectivity index is 2.76. The van der Waals surface area contributed by atoms with Crippen LogP contribution in [0.4, 0.5) is 0 Å². The Hall–Kier alpha value is -0.860. The lowest BCUT2D eigenvalue weighted by molar-refractivity contribution is -0.121. The summed E-state index contributed by atoms with van der Waals surface area (Å²) in [5, 5.41) is 0. The summed E-state index contributed by atoms with van der Waals surface area (Å²) in [4.78, 5) is 0. The van der Waals surface area contributed by atoms with Gasteiger partial charge in [0.05, 0.1) is 17.8 Å². The Bertz CT molecular complexity index is 344. The Morgan fingerprint density at radius 1 is 0.889 bits per heavy atom. The van der Waals surface area contributed by atoms with Crippen molar-refractivity contribution < 1.29 is 9.47 Å². The van der Waals surface area contributed by atoms with Crippen molar-refractivity contribution in [2.24, 2.45) is 0 Å². The molecule has 0 aliphatic rings. The predicted molar refractivity (Wildman–Crippen MR) is 75.7 cm³/mol. The highest BCUT2D eigenvalue weighted by molar-refractivity contribution is 5.17. The van der Waals surface area contributed by atoms with Crippen molar-refractivity contribution in [2.45, 2.75) is 58.8 Å². The summed E-state index contributed by atoms with van der Waals surface area (Å²) in [5.41, 5.74) is 0.840. The van der Waals surface area contributed by atoms with Gasteiger partial charge < -0.3 is 9.47 Å². The Morgan fingerprint density at radius 3 is 1.89 bits per heavy atom. The molecule has 2 nitrogen and oxygen atoms in total. The Morgan fingerprint density at radius 2 is 1.44 bits per heavy atom. The molecular formula is C16H26O2. The minimum absolute atomic E-state index is 0.0228. The maximum Gasteiger partial charge on any atom is 0.107 e. The quantitative estimate of drug-likeness (QED) is 0.790. The molecule has 0 bridgehead atoms. The van der Waals surface area contributed by atoms with Crippen LogP contribution in [0.3, 0.4) is 0 Å². The van der Waals surface area contributed by atoms with Crippen LogP contribution < -0.4 is 0 Å². The molecule has 102 valence electrons. The second kappa shape index (κ2) is 5.85. The van der Waals surface area contributed by atoms with Gasteiger partial charge >= 0.3 is 0 Å². The fourth-order valence-electron chi connectivity index (χ4n) is 1.62. The molecular weight excluding hydrogens is 224 g/mol. The van der Waals surface area contributed by atoms with E-state index in [0.717, 1.165) is 5.56 Å². The third kappa shape index (κ3) is 6.18. The van der Waals surface area contributed by atoms with E-state index in [1.54, 1.807) is 0 Å². The van der Waals surface area contributed by atoms with E-state index in [-0.39, 0.29) is 17.3 Å². The molecule has 0 amide bonds. The van der Waals surface area contributed by atoms with Crippen molar-refractivity contribution in [1.29, 1.82) is 0 Å². The van der Waals surface area contributed by atoms with E-state index in [9.17, 15) is 0 Å². The molecule has 0 aromatic heterocycles. The van der Waals surface area contributed by atoms with Gasteiger partial charge in [0.15, 0.2) is 0 Å². The van der Waals surface area contributed by atoms with Crippen molar-refractivity contribution in [3.63, 3.8) is 0 Å². The maximum absolute atomic E-state index is 6.09. The highest BCUT2D eigenvalue weighted by Crippen LogP contribution is 2.25. The molecule has 0 saturated carbocycles. The standard InChI is InChI=1S/C16H26O2/c1-15(2,3)17-12-14(18-16(4,5)6)13-10-8-7-9-11-13/h7-11,14H,12H2,1-6H3. The lowest BCUT2D eigenvalue weighted by Gasteiger charge is -2.30. The zero-order valence-electron chi connectivity index (χ0n) is 12.5. The number of benzene rings is 1. The van der Waals surface area contributed by atoms with Crippen LogP contribution in [0.2, 0.25) is 0 Å². The molecule has 0 heterocycles. The normalized spacial score (nSPS) is 14.6. The van der Waals surface area contributed by atoms with Gasteiger partial charge in [-0.25, -0.2) is 0 Å². The van der Waals surface area contributed by atoms with Crippen molar-refractivity contribution in [1.82, 2.24) is 0 Å². The van der Waals surface area contributed by atoms with Crippen molar-refractivity contribution in [3.05, 3.63) is 35.9 Å². The fraction of sp³-hybridized carbons (Fsp3) is 0.625. The first-order chi connectivity index (χ1) is 8.17. The molecule has 1 atom stereocenters. The number of rotatable bonds is 4. The predicted octanol–water partition coefficient (Wildman–Crippen LogP) is 4.36. The van der Waals surface area contributed by atoms with Crippen LogP contribution in [-0.2, 0) is 9.47 Å². The molecule has 0 aliphatic heterocycles. The van der Waals surface area contributed by atoms with Gasteiger partial charge in [0.2, 0.25) is 0 Å². The average Bonchev–Trinajstić information content (AvgIpc) is 2.23. The summed E-state index contributed by atoms with van der Waals surface area (Å²) in [6, 6.07) is 10.3. The van der Waals surface area contributed by atoms with Crippen LogP contribution in [0.1, 0.15) is 53.2 Å². The molecule has 18 heavy (non-hydrogen) atoms. The number of hydrogen-bond acceptors (Lipinski definition) is 2. The molecule has 0 N–H and O–H groups in total. The van der Waals surface area contributed by atoms with Crippen LogP contribution in [-0.4, -0.2) is 17.8 Å². The summed E-state index contributed by atoms with van der Waals surface area (Å²) < 4.78 is 12.0. The van der Waals surface area contributed by atoms with E-state index in [1.807, 2.05) is 18.2 Å².